The van der Waals surface area contributed by atoms with Crippen molar-refractivity contribution in [3.05, 3.63) is 69.8 Å². The Hall–Kier alpha value is -2.94. The van der Waals surface area contributed by atoms with Gasteiger partial charge in [-0.1, -0.05) is 36.4 Å². The smallest absolute Gasteiger partial charge is 0.274 e. The van der Waals surface area contributed by atoms with Crippen molar-refractivity contribution in [3.8, 4) is 0 Å². The average molecular weight is 391 g/mol. The minimum absolute atomic E-state index is 0.116. The van der Waals surface area contributed by atoms with E-state index in [4.69, 9.17) is 0 Å². The van der Waals surface area contributed by atoms with E-state index in [-0.39, 0.29) is 16.9 Å². The molecule has 144 valence electrons. The number of anilines is 1. The Bertz CT molecular complexity index is 929. The summed E-state index contributed by atoms with van der Waals surface area (Å²) in [6.07, 6.45) is 1.57. The SMILES string of the molecule is Cc1c(N(CC(=O)NCCc2ccccc2)S(C)(=O)=O)cccc1[N+](=O)[O-]. The molecule has 0 bridgehead atoms. The molecule has 1 N–H and O–H groups in total. The molecule has 0 atom stereocenters. The summed E-state index contributed by atoms with van der Waals surface area (Å²) >= 11 is 0. The van der Waals surface area contributed by atoms with E-state index in [0.717, 1.165) is 16.1 Å². The number of nitro benzene ring substituents is 1. The van der Waals surface area contributed by atoms with Crippen LogP contribution < -0.4 is 9.62 Å². The summed E-state index contributed by atoms with van der Waals surface area (Å²) in [5.41, 5.74) is 1.15. The fraction of sp³-hybridized carbons (Fsp3) is 0.278. The Balaban J connectivity index is 2.13. The van der Waals surface area contributed by atoms with Crippen molar-refractivity contribution in [1.82, 2.24) is 5.32 Å². The van der Waals surface area contributed by atoms with Gasteiger partial charge in [0.05, 0.1) is 22.4 Å². The Morgan fingerprint density at radius 2 is 1.81 bits per heavy atom. The molecule has 0 aliphatic heterocycles. The van der Waals surface area contributed by atoms with Gasteiger partial charge in [0.25, 0.3) is 5.69 Å². The van der Waals surface area contributed by atoms with E-state index in [1.54, 1.807) is 0 Å². The van der Waals surface area contributed by atoms with Crippen molar-refractivity contribution in [2.45, 2.75) is 13.3 Å². The zero-order valence-corrected chi connectivity index (χ0v) is 15.9. The molecule has 0 spiro atoms. The number of sulfonamides is 1. The third-order valence-electron chi connectivity index (χ3n) is 4.01. The predicted octanol–water partition coefficient (Wildman–Crippen LogP) is 2.03. The predicted molar refractivity (Wildman–Crippen MR) is 103 cm³/mol. The van der Waals surface area contributed by atoms with E-state index in [1.165, 1.54) is 25.1 Å². The van der Waals surface area contributed by atoms with E-state index in [0.29, 0.717) is 13.0 Å². The molecule has 1 amide bonds. The normalized spacial score (nSPS) is 11.0. The molecule has 2 aromatic carbocycles. The van der Waals surface area contributed by atoms with E-state index in [2.05, 4.69) is 5.32 Å². The highest BCUT2D eigenvalue weighted by atomic mass is 32.2. The maximum Gasteiger partial charge on any atom is 0.274 e. The molecule has 0 radical (unpaired) electrons. The highest BCUT2D eigenvalue weighted by Gasteiger charge is 2.25. The number of nitrogens with zero attached hydrogens (tertiary/aromatic N) is 2. The first-order valence-electron chi connectivity index (χ1n) is 8.22. The van der Waals surface area contributed by atoms with Gasteiger partial charge in [-0.25, -0.2) is 8.42 Å². The van der Waals surface area contributed by atoms with Crippen LogP contribution in [0.5, 0.6) is 0 Å². The minimum Gasteiger partial charge on any atom is -0.354 e. The number of carbonyl (C=O) groups excluding carboxylic acids is 1. The molecule has 27 heavy (non-hydrogen) atoms. The minimum atomic E-state index is -3.81. The van der Waals surface area contributed by atoms with Crippen molar-refractivity contribution in [2.75, 3.05) is 23.7 Å². The summed E-state index contributed by atoms with van der Waals surface area (Å²) in [4.78, 5) is 22.8. The van der Waals surface area contributed by atoms with E-state index >= 15 is 0 Å². The number of amides is 1. The van der Waals surface area contributed by atoms with Crippen LogP contribution in [0, 0.1) is 17.0 Å². The average Bonchev–Trinajstić information content (AvgIpc) is 2.60. The summed E-state index contributed by atoms with van der Waals surface area (Å²) < 4.78 is 25.2. The van der Waals surface area contributed by atoms with Crippen LogP contribution in [0.1, 0.15) is 11.1 Å². The van der Waals surface area contributed by atoms with Gasteiger partial charge in [-0.15, -0.1) is 0 Å². The fourth-order valence-electron chi connectivity index (χ4n) is 2.64. The van der Waals surface area contributed by atoms with Crippen LogP contribution >= 0.6 is 0 Å². The van der Waals surface area contributed by atoms with Crippen LogP contribution in [0.25, 0.3) is 0 Å². The summed E-state index contributed by atoms with van der Waals surface area (Å²) in [6.45, 7) is 1.36. The molecule has 0 unspecified atom stereocenters. The van der Waals surface area contributed by atoms with Gasteiger partial charge in [0, 0.05) is 12.6 Å². The summed E-state index contributed by atoms with van der Waals surface area (Å²) in [6, 6.07) is 13.7. The third kappa shape index (κ3) is 5.52. The van der Waals surface area contributed by atoms with Crippen LogP contribution in [-0.2, 0) is 21.2 Å². The lowest BCUT2D eigenvalue weighted by atomic mass is 10.1. The van der Waals surface area contributed by atoms with E-state index in [1.807, 2.05) is 30.3 Å². The Morgan fingerprint density at radius 1 is 1.15 bits per heavy atom. The maximum absolute atomic E-state index is 12.2. The second kappa shape index (κ2) is 8.63. The number of nitro groups is 1. The quantitative estimate of drug-likeness (QED) is 0.547. The van der Waals surface area contributed by atoms with Gasteiger partial charge in [0.2, 0.25) is 15.9 Å². The first-order valence-corrected chi connectivity index (χ1v) is 10.1. The molecule has 0 aliphatic rings. The van der Waals surface area contributed by atoms with Gasteiger partial charge in [-0.3, -0.25) is 19.2 Å². The lowest BCUT2D eigenvalue weighted by Gasteiger charge is -2.23. The van der Waals surface area contributed by atoms with Gasteiger partial charge in [-0.2, -0.15) is 0 Å². The zero-order chi connectivity index (χ0) is 20.0. The van der Waals surface area contributed by atoms with Gasteiger partial charge >= 0.3 is 0 Å². The molecule has 9 heteroatoms. The van der Waals surface area contributed by atoms with Gasteiger partial charge < -0.3 is 5.32 Å². The van der Waals surface area contributed by atoms with Gasteiger partial charge in [-0.05, 0) is 25.0 Å². The Kier molecular flexibility index (Phi) is 6.51. The monoisotopic (exact) mass is 391 g/mol. The number of rotatable bonds is 8. The molecule has 2 aromatic rings. The second-order valence-corrected chi connectivity index (χ2v) is 7.94. The van der Waals surface area contributed by atoms with Crippen LogP contribution in [0.3, 0.4) is 0 Å². The molecule has 0 heterocycles. The van der Waals surface area contributed by atoms with E-state index < -0.39 is 27.4 Å². The zero-order valence-electron chi connectivity index (χ0n) is 15.1. The summed E-state index contributed by atoms with van der Waals surface area (Å²) in [5, 5.41) is 13.8. The lowest BCUT2D eigenvalue weighted by Crippen LogP contribution is -2.41. The van der Waals surface area contributed by atoms with Crippen molar-refractivity contribution in [1.29, 1.82) is 0 Å². The molecule has 0 fully saturated rings. The van der Waals surface area contributed by atoms with Crippen LogP contribution in [0.4, 0.5) is 11.4 Å². The number of hydrogen-bond donors (Lipinski definition) is 1. The molecule has 2 rings (SSSR count). The number of benzene rings is 2. The third-order valence-corrected chi connectivity index (χ3v) is 5.13. The van der Waals surface area contributed by atoms with Crippen molar-refractivity contribution in [3.63, 3.8) is 0 Å². The first kappa shape index (κ1) is 20.4. The summed E-state index contributed by atoms with van der Waals surface area (Å²) in [7, 11) is -3.81. The standard InChI is InChI=1S/C18H21N3O5S/c1-14-16(9-6-10-17(14)21(23)24)20(27(2,25)26)13-18(22)19-12-11-15-7-4-3-5-8-15/h3-10H,11-13H2,1-2H3,(H,19,22). The van der Waals surface area contributed by atoms with Gasteiger partial charge in [0.15, 0.2) is 0 Å². The first-order chi connectivity index (χ1) is 12.7. The maximum atomic E-state index is 12.2. The molecule has 0 aliphatic carbocycles. The molecule has 0 saturated carbocycles. The molecular weight excluding hydrogens is 370 g/mol. The number of carbonyl (C=O) groups is 1. The van der Waals surface area contributed by atoms with Crippen LogP contribution in [0.15, 0.2) is 48.5 Å². The van der Waals surface area contributed by atoms with Crippen molar-refractivity contribution >= 4 is 27.3 Å². The fourth-order valence-corrected chi connectivity index (χ4v) is 3.54. The second-order valence-electron chi connectivity index (χ2n) is 6.03. The highest BCUT2D eigenvalue weighted by molar-refractivity contribution is 7.92. The van der Waals surface area contributed by atoms with E-state index in [9.17, 15) is 23.3 Å². The Labute approximate surface area is 158 Å². The molecular formula is C18H21N3O5S. The van der Waals surface area contributed by atoms with Crippen LogP contribution in [-0.4, -0.2) is 38.6 Å². The highest BCUT2D eigenvalue weighted by Crippen LogP contribution is 2.29. The van der Waals surface area contributed by atoms with Crippen molar-refractivity contribution < 1.29 is 18.1 Å². The van der Waals surface area contributed by atoms with Gasteiger partial charge in [0.1, 0.15) is 6.54 Å². The largest absolute Gasteiger partial charge is 0.354 e. The lowest BCUT2D eigenvalue weighted by molar-refractivity contribution is -0.385. The topological polar surface area (TPSA) is 110 Å². The van der Waals surface area contributed by atoms with Crippen molar-refractivity contribution in [2.24, 2.45) is 0 Å². The number of nitrogens with one attached hydrogen (secondary N) is 1. The molecule has 0 aromatic heterocycles. The Morgan fingerprint density at radius 3 is 2.41 bits per heavy atom. The molecule has 0 saturated heterocycles. The molecule has 8 nitrogen and oxygen atoms in total. The number of hydrogen-bond acceptors (Lipinski definition) is 5. The van der Waals surface area contributed by atoms with Crippen LogP contribution in [0.2, 0.25) is 0 Å². The summed E-state index contributed by atoms with van der Waals surface area (Å²) in [5.74, 6) is -0.484.